The monoisotopic (exact) mass is 387 g/mol. The van der Waals surface area contributed by atoms with Gasteiger partial charge in [0.15, 0.2) is 0 Å². The highest BCUT2D eigenvalue weighted by Crippen LogP contribution is 2.23. The van der Waals surface area contributed by atoms with E-state index in [0.717, 1.165) is 53.9 Å². The molecule has 0 N–H and O–H groups in total. The first-order valence-electron chi connectivity index (χ1n) is 9.69. The van der Waals surface area contributed by atoms with Crippen molar-refractivity contribution in [3.8, 4) is 17.1 Å². The SMILES string of the molecule is Cn1cc(-c2cnc(OC3CCN(c4cnc5ccccc5n4)CC3)nc2)cn1. The second-order valence-electron chi connectivity index (χ2n) is 7.18. The molecule has 4 heterocycles. The minimum atomic E-state index is 0.101. The number of nitrogens with zero attached hydrogens (tertiary/aromatic N) is 7. The van der Waals surface area contributed by atoms with Crippen LogP contribution in [0.3, 0.4) is 0 Å². The lowest BCUT2D eigenvalue weighted by Crippen LogP contribution is -2.39. The molecule has 0 saturated carbocycles. The number of piperidine rings is 1. The van der Waals surface area contributed by atoms with Crippen molar-refractivity contribution in [3.63, 3.8) is 0 Å². The fourth-order valence-corrected chi connectivity index (χ4v) is 3.55. The molecule has 0 bridgehead atoms. The number of fused-ring (bicyclic) bond motifs is 1. The first-order valence-corrected chi connectivity index (χ1v) is 9.69. The number of hydrogen-bond acceptors (Lipinski definition) is 7. The lowest BCUT2D eigenvalue weighted by atomic mass is 10.1. The molecule has 1 saturated heterocycles. The van der Waals surface area contributed by atoms with E-state index in [1.165, 1.54) is 0 Å². The Labute approximate surface area is 168 Å². The molecule has 8 heteroatoms. The van der Waals surface area contributed by atoms with Gasteiger partial charge >= 0.3 is 6.01 Å². The molecular weight excluding hydrogens is 366 g/mol. The molecule has 0 spiro atoms. The van der Waals surface area contributed by atoms with Crippen LogP contribution in [0.2, 0.25) is 0 Å². The summed E-state index contributed by atoms with van der Waals surface area (Å²) < 4.78 is 7.76. The van der Waals surface area contributed by atoms with Gasteiger partial charge in [0.1, 0.15) is 11.9 Å². The van der Waals surface area contributed by atoms with Crippen LogP contribution in [-0.4, -0.2) is 48.9 Å². The Hall–Kier alpha value is -3.55. The highest BCUT2D eigenvalue weighted by Gasteiger charge is 2.22. The number of benzene rings is 1. The Morgan fingerprint density at radius 3 is 2.38 bits per heavy atom. The molecule has 1 fully saturated rings. The number of anilines is 1. The summed E-state index contributed by atoms with van der Waals surface area (Å²) in [5.41, 5.74) is 3.76. The summed E-state index contributed by atoms with van der Waals surface area (Å²) in [7, 11) is 1.89. The van der Waals surface area contributed by atoms with Gasteiger partial charge in [-0.3, -0.25) is 9.67 Å². The van der Waals surface area contributed by atoms with E-state index in [2.05, 4.69) is 25.0 Å². The van der Waals surface area contributed by atoms with E-state index >= 15 is 0 Å². The van der Waals surface area contributed by atoms with Crippen LogP contribution in [0.1, 0.15) is 12.8 Å². The smallest absolute Gasteiger partial charge is 0.316 e. The van der Waals surface area contributed by atoms with Crippen LogP contribution in [0.5, 0.6) is 6.01 Å². The summed E-state index contributed by atoms with van der Waals surface area (Å²) in [4.78, 5) is 20.2. The molecule has 1 aromatic carbocycles. The molecule has 3 aromatic heterocycles. The molecule has 1 aliphatic rings. The number of rotatable bonds is 4. The van der Waals surface area contributed by atoms with E-state index in [0.29, 0.717) is 6.01 Å². The van der Waals surface area contributed by atoms with Crippen molar-refractivity contribution in [1.29, 1.82) is 0 Å². The third-order valence-electron chi connectivity index (χ3n) is 5.14. The fourth-order valence-electron chi connectivity index (χ4n) is 3.55. The van der Waals surface area contributed by atoms with Crippen LogP contribution in [-0.2, 0) is 7.05 Å². The summed E-state index contributed by atoms with van der Waals surface area (Å²) in [5, 5.41) is 4.17. The molecule has 29 heavy (non-hydrogen) atoms. The molecule has 0 atom stereocenters. The molecule has 0 aliphatic carbocycles. The molecule has 0 amide bonds. The highest BCUT2D eigenvalue weighted by atomic mass is 16.5. The number of para-hydroxylation sites is 2. The second-order valence-corrected chi connectivity index (χ2v) is 7.18. The second kappa shape index (κ2) is 7.46. The third kappa shape index (κ3) is 3.73. The van der Waals surface area contributed by atoms with Crippen molar-refractivity contribution in [3.05, 3.63) is 55.2 Å². The van der Waals surface area contributed by atoms with Crippen molar-refractivity contribution < 1.29 is 4.74 Å². The van der Waals surface area contributed by atoms with Gasteiger partial charge in [0.25, 0.3) is 0 Å². The van der Waals surface area contributed by atoms with Crippen LogP contribution in [0.15, 0.2) is 55.2 Å². The Morgan fingerprint density at radius 1 is 0.897 bits per heavy atom. The van der Waals surface area contributed by atoms with Crippen molar-refractivity contribution >= 4 is 16.9 Å². The zero-order chi connectivity index (χ0) is 19.6. The van der Waals surface area contributed by atoms with Crippen molar-refractivity contribution in [1.82, 2.24) is 29.7 Å². The summed E-state index contributed by atoms with van der Waals surface area (Å²) in [6.45, 7) is 1.73. The van der Waals surface area contributed by atoms with E-state index in [4.69, 9.17) is 9.72 Å². The number of aryl methyl sites for hydroxylation is 1. The maximum Gasteiger partial charge on any atom is 0.316 e. The van der Waals surface area contributed by atoms with Gasteiger partial charge in [-0.15, -0.1) is 0 Å². The van der Waals surface area contributed by atoms with Gasteiger partial charge in [0.2, 0.25) is 0 Å². The maximum atomic E-state index is 6.00. The summed E-state index contributed by atoms with van der Waals surface area (Å²) in [6, 6.07) is 8.35. The van der Waals surface area contributed by atoms with E-state index in [1.54, 1.807) is 23.3 Å². The molecule has 1 aliphatic heterocycles. The Bertz CT molecular complexity index is 1120. The van der Waals surface area contributed by atoms with E-state index in [-0.39, 0.29) is 6.10 Å². The van der Waals surface area contributed by atoms with Crippen molar-refractivity contribution in [2.75, 3.05) is 18.0 Å². The molecule has 0 unspecified atom stereocenters. The third-order valence-corrected chi connectivity index (χ3v) is 5.14. The number of hydrogen-bond donors (Lipinski definition) is 0. The van der Waals surface area contributed by atoms with Gasteiger partial charge in [-0.1, -0.05) is 12.1 Å². The molecule has 5 rings (SSSR count). The minimum absolute atomic E-state index is 0.101. The van der Waals surface area contributed by atoms with Crippen LogP contribution in [0, 0.1) is 0 Å². The Balaban J connectivity index is 1.20. The van der Waals surface area contributed by atoms with E-state index in [9.17, 15) is 0 Å². The summed E-state index contributed by atoms with van der Waals surface area (Å²) in [5.74, 6) is 0.916. The largest absolute Gasteiger partial charge is 0.460 e. The number of ether oxygens (including phenoxy) is 1. The van der Waals surface area contributed by atoms with Gasteiger partial charge in [0, 0.05) is 62.7 Å². The Morgan fingerprint density at radius 2 is 1.66 bits per heavy atom. The summed E-state index contributed by atoms with van der Waals surface area (Å²) in [6.07, 6.45) is 11.0. The van der Waals surface area contributed by atoms with Crippen LogP contribution in [0.25, 0.3) is 22.2 Å². The first kappa shape index (κ1) is 17.5. The van der Waals surface area contributed by atoms with Gasteiger partial charge in [-0.05, 0) is 12.1 Å². The van der Waals surface area contributed by atoms with Crippen molar-refractivity contribution in [2.45, 2.75) is 18.9 Å². The highest BCUT2D eigenvalue weighted by molar-refractivity contribution is 5.75. The van der Waals surface area contributed by atoms with Gasteiger partial charge in [-0.25, -0.2) is 15.0 Å². The van der Waals surface area contributed by atoms with Crippen LogP contribution < -0.4 is 9.64 Å². The molecule has 0 radical (unpaired) electrons. The van der Waals surface area contributed by atoms with Crippen LogP contribution >= 0.6 is 0 Å². The zero-order valence-electron chi connectivity index (χ0n) is 16.1. The maximum absolute atomic E-state index is 6.00. The fraction of sp³-hybridized carbons (Fsp3) is 0.286. The predicted octanol–water partition coefficient (Wildman–Crippen LogP) is 2.87. The standard InChI is InChI=1S/C21H21N7O/c1-27-14-16(12-25-27)15-10-23-21(24-11-15)29-17-6-8-28(9-7-17)20-13-22-18-4-2-3-5-19(18)26-20/h2-5,10-14,17H,6-9H2,1H3. The van der Waals surface area contributed by atoms with Gasteiger partial charge in [0.05, 0.1) is 23.4 Å². The van der Waals surface area contributed by atoms with Crippen molar-refractivity contribution in [2.24, 2.45) is 7.05 Å². The average Bonchev–Trinajstić information content (AvgIpc) is 3.21. The van der Waals surface area contributed by atoms with Crippen LogP contribution in [0.4, 0.5) is 5.82 Å². The predicted molar refractivity (Wildman–Crippen MR) is 110 cm³/mol. The Kier molecular flexibility index (Phi) is 4.51. The number of aromatic nitrogens is 6. The topological polar surface area (TPSA) is 81.9 Å². The van der Waals surface area contributed by atoms with Gasteiger partial charge < -0.3 is 9.64 Å². The molecular formula is C21H21N7O. The molecule has 146 valence electrons. The van der Waals surface area contributed by atoms with Gasteiger partial charge in [-0.2, -0.15) is 5.10 Å². The molecule has 8 nitrogen and oxygen atoms in total. The quantitative estimate of drug-likeness (QED) is 0.532. The normalized spacial score (nSPS) is 15.0. The molecule has 4 aromatic rings. The lowest BCUT2D eigenvalue weighted by molar-refractivity contribution is 0.156. The lowest BCUT2D eigenvalue weighted by Gasteiger charge is -2.32. The minimum Gasteiger partial charge on any atom is -0.460 e. The van der Waals surface area contributed by atoms with E-state index in [1.807, 2.05) is 43.7 Å². The zero-order valence-corrected chi connectivity index (χ0v) is 16.1. The van der Waals surface area contributed by atoms with E-state index < -0.39 is 0 Å². The average molecular weight is 387 g/mol. The first-order chi connectivity index (χ1) is 14.2. The summed E-state index contributed by atoms with van der Waals surface area (Å²) >= 11 is 0.